The molecule has 10 nitrogen and oxygen atoms in total. The van der Waals surface area contributed by atoms with Crippen molar-refractivity contribution >= 4 is 39.0 Å². The Labute approximate surface area is 192 Å². The molecule has 0 aliphatic carbocycles. The van der Waals surface area contributed by atoms with E-state index in [0.717, 1.165) is 31.0 Å². The van der Waals surface area contributed by atoms with Crippen LogP contribution in [0.4, 0.5) is 0 Å². The highest BCUT2D eigenvalue weighted by atomic mass is 32.3. The molecule has 5 atom stereocenters. The van der Waals surface area contributed by atoms with Crippen molar-refractivity contribution < 1.29 is 42.4 Å². The summed E-state index contributed by atoms with van der Waals surface area (Å²) >= 11 is 2.67. The first-order valence-electron chi connectivity index (χ1n) is 10.4. The zero-order valence-electron chi connectivity index (χ0n) is 17.7. The molecule has 1 aliphatic rings. The largest absolute Gasteiger partial charge is 0.466 e. The molecule has 1 rings (SSSR count). The van der Waals surface area contributed by atoms with Gasteiger partial charge in [-0.15, -0.1) is 0 Å². The third-order valence-corrected chi connectivity index (χ3v) is 6.96. The lowest BCUT2D eigenvalue weighted by atomic mass is 10.0. The summed E-state index contributed by atoms with van der Waals surface area (Å²) in [7, 11) is -4.80. The molecule has 0 radical (unpaired) electrons. The maximum absolute atomic E-state index is 10.9. The van der Waals surface area contributed by atoms with Gasteiger partial charge in [-0.1, -0.05) is 55.4 Å². The second-order valence-corrected chi connectivity index (χ2v) is 10.5. The normalized spacial score (nSPS) is 27.4. The van der Waals surface area contributed by atoms with E-state index in [2.05, 4.69) is 15.7 Å². The van der Waals surface area contributed by atoms with Crippen LogP contribution in [0.5, 0.6) is 0 Å². The van der Waals surface area contributed by atoms with E-state index in [9.17, 15) is 28.8 Å². The molecule has 13 heteroatoms. The molecule has 0 aromatic rings. The van der Waals surface area contributed by atoms with Crippen LogP contribution in [0.1, 0.15) is 57.8 Å². The summed E-state index contributed by atoms with van der Waals surface area (Å²) < 4.78 is 40.0. The first-order chi connectivity index (χ1) is 14.7. The Balaban J connectivity index is 2.51. The van der Waals surface area contributed by atoms with Crippen molar-refractivity contribution in [3.63, 3.8) is 0 Å². The topological polar surface area (TPSA) is 166 Å². The third kappa shape index (κ3) is 12.1. The average molecular weight is 506 g/mol. The van der Waals surface area contributed by atoms with Crippen LogP contribution < -0.4 is 0 Å². The van der Waals surface area contributed by atoms with Crippen LogP contribution in [0.15, 0.2) is 5.16 Å². The molecule has 31 heavy (non-hydrogen) atoms. The number of ether oxygens (including phenoxy) is 1. The van der Waals surface area contributed by atoms with Gasteiger partial charge in [-0.2, -0.15) is 20.2 Å². The lowest BCUT2D eigenvalue weighted by Gasteiger charge is -2.39. The summed E-state index contributed by atoms with van der Waals surface area (Å²) in [6.45, 7) is -0.576. The summed E-state index contributed by atoms with van der Waals surface area (Å²) in [4.78, 5) is 0. The van der Waals surface area contributed by atoms with E-state index in [1.807, 2.05) is 11.8 Å². The lowest BCUT2D eigenvalue weighted by molar-refractivity contribution is -0.205. The molecule has 184 valence electrons. The fourth-order valence-electron chi connectivity index (χ4n) is 3.10. The van der Waals surface area contributed by atoms with Gasteiger partial charge in [0.05, 0.1) is 6.61 Å². The molecule has 0 amide bonds. The van der Waals surface area contributed by atoms with Crippen molar-refractivity contribution in [1.29, 1.82) is 0 Å². The molecule has 0 unspecified atom stereocenters. The molecule has 1 aliphatic heterocycles. The maximum Gasteiger partial charge on any atom is 0.466 e. The van der Waals surface area contributed by atoms with Crippen LogP contribution in [0.25, 0.3) is 0 Å². The Hall–Kier alpha value is -0.120. The second kappa shape index (κ2) is 15.7. The summed E-state index contributed by atoms with van der Waals surface area (Å²) in [5, 5.41) is 42.7. The molecule has 0 aromatic carbocycles. The van der Waals surface area contributed by atoms with E-state index >= 15 is 0 Å². The Morgan fingerprint density at radius 2 is 1.55 bits per heavy atom. The van der Waals surface area contributed by atoms with Crippen LogP contribution in [-0.4, -0.2) is 86.9 Å². The number of thioether (sulfide) groups is 2. The van der Waals surface area contributed by atoms with Gasteiger partial charge >= 0.3 is 10.4 Å². The zero-order chi connectivity index (χ0) is 23.3. The van der Waals surface area contributed by atoms with Crippen LogP contribution in [0, 0.1) is 0 Å². The molecule has 1 saturated heterocycles. The van der Waals surface area contributed by atoms with Gasteiger partial charge in [0.2, 0.25) is 0 Å². The van der Waals surface area contributed by atoms with Crippen molar-refractivity contribution in [3.05, 3.63) is 0 Å². The van der Waals surface area contributed by atoms with Crippen LogP contribution in [0.2, 0.25) is 0 Å². The highest BCUT2D eigenvalue weighted by molar-refractivity contribution is 8.14. The Morgan fingerprint density at radius 1 is 0.968 bits per heavy atom. The minimum Gasteiger partial charge on any atom is -0.394 e. The van der Waals surface area contributed by atoms with Crippen molar-refractivity contribution in [3.8, 4) is 0 Å². The molecule has 1 heterocycles. The predicted octanol–water partition coefficient (Wildman–Crippen LogP) is 1.53. The number of nitrogens with zero attached hydrogens (tertiary/aromatic N) is 1. The SMILES string of the molecule is CSCCCCCCCCCC/C(=N/OS(=O)(=O)O)S[C@H]1O[C@@H](CO)[C@H](O)[C@H](O)[C@H]1O. The van der Waals surface area contributed by atoms with Crippen molar-refractivity contribution in [2.75, 3.05) is 18.6 Å². The smallest absolute Gasteiger partial charge is 0.394 e. The van der Waals surface area contributed by atoms with Crippen LogP contribution in [-0.2, 0) is 19.4 Å². The van der Waals surface area contributed by atoms with Gasteiger partial charge in [0.15, 0.2) is 0 Å². The minimum absolute atomic E-state index is 0.138. The van der Waals surface area contributed by atoms with E-state index in [4.69, 9.17) is 9.29 Å². The van der Waals surface area contributed by atoms with Crippen molar-refractivity contribution in [1.82, 2.24) is 0 Å². The zero-order valence-corrected chi connectivity index (χ0v) is 20.2. The molecular weight excluding hydrogens is 470 g/mol. The van der Waals surface area contributed by atoms with Gasteiger partial charge in [-0.25, -0.2) is 4.28 Å². The van der Waals surface area contributed by atoms with Gasteiger partial charge in [0.1, 0.15) is 34.9 Å². The molecular formula is C18H35NO9S3. The fourth-order valence-corrected chi connectivity index (χ4v) is 4.93. The van der Waals surface area contributed by atoms with E-state index in [1.54, 1.807) is 0 Å². The van der Waals surface area contributed by atoms with Crippen molar-refractivity contribution in [2.24, 2.45) is 5.16 Å². The molecule has 1 fully saturated rings. The molecule has 0 bridgehead atoms. The highest BCUT2D eigenvalue weighted by Gasteiger charge is 2.44. The maximum atomic E-state index is 10.9. The number of hydrogen-bond acceptors (Lipinski definition) is 11. The van der Waals surface area contributed by atoms with E-state index < -0.39 is 46.9 Å². The molecule has 0 spiro atoms. The number of rotatable bonds is 15. The molecule has 0 saturated carbocycles. The molecule has 0 aromatic heterocycles. The molecule has 5 N–H and O–H groups in total. The summed E-state index contributed by atoms with van der Waals surface area (Å²) in [5.41, 5.74) is -1.11. The number of hydrogen-bond donors (Lipinski definition) is 5. The first-order valence-corrected chi connectivity index (χ1v) is 14.0. The summed E-state index contributed by atoms with van der Waals surface area (Å²) in [6.07, 6.45) is 5.31. The standard InChI is InChI=1S/C18H35NO9S3/c1-29-11-9-7-5-3-2-4-6-8-10-14(19-28-31(24,25)26)30-18-17(23)16(22)15(21)13(12-20)27-18/h13,15-18,20-23H,2-12H2,1H3,(H,24,25,26)/b19-14-/t13-,15-,16-,17+,18+/m0/s1. The second-order valence-electron chi connectivity index (χ2n) is 7.37. The van der Waals surface area contributed by atoms with E-state index in [0.29, 0.717) is 12.8 Å². The summed E-state index contributed by atoms with van der Waals surface area (Å²) in [6, 6.07) is 0. The van der Waals surface area contributed by atoms with E-state index in [-0.39, 0.29) is 5.04 Å². The number of unbranched alkanes of at least 4 members (excludes halogenated alkanes) is 7. The van der Waals surface area contributed by atoms with E-state index in [1.165, 1.54) is 31.4 Å². The quantitative estimate of drug-likeness (QED) is 0.0720. The fraction of sp³-hybridized carbons (Fsp3) is 0.944. The first kappa shape index (κ1) is 28.9. The Kier molecular flexibility index (Phi) is 14.6. The van der Waals surface area contributed by atoms with Crippen LogP contribution >= 0.6 is 23.5 Å². The Morgan fingerprint density at radius 3 is 2.10 bits per heavy atom. The third-order valence-electron chi connectivity index (χ3n) is 4.82. The average Bonchev–Trinajstić information content (AvgIpc) is 2.72. The monoisotopic (exact) mass is 505 g/mol. The highest BCUT2D eigenvalue weighted by Crippen LogP contribution is 2.31. The van der Waals surface area contributed by atoms with Gasteiger partial charge in [-0.05, 0) is 31.3 Å². The van der Waals surface area contributed by atoms with Gasteiger partial charge in [0, 0.05) is 0 Å². The van der Waals surface area contributed by atoms with Crippen molar-refractivity contribution in [2.45, 2.75) is 87.6 Å². The number of aliphatic hydroxyl groups is 4. The number of oxime groups is 1. The Bertz CT molecular complexity index is 618. The lowest BCUT2D eigenvalue weighted by Crippen LogP contribution is -2.57. The minimum atomic E-state index is -4.80. The number of aliphatic hydroxyl groups excluding tert-OH is 4. The van der Waals surface area contributed by atoms with Gasteiger partial charge in [-0.3, -0.25) is 4.55 Å². The predicted molar refractivity (Wildman–Crippen MR) is 121 cm³/mol. The van der Waals surface area contributed by atoms with Gasteiger partial charge < -0.3 is 25.2 Å². The van der Waals surface area contributed by atoms with Crippen LogP contribution in [0.3, 0.4) is 0 Å². The van der Waals surface area contributed by atoms with Gasteiger partial charge in [0.25, 0.3) is 0 Å². The summed E-state index contributed by atoms with van der Waals surface area (Å²) in [5.74, 6) is 1.19.